The van der Waals surface area contributed by atoms with Crippen molar-refractivity contribution in [2.75, 3.05) is 28.1 Å². The van der Waals surface area contributed by atoms with Gasteiger partial charge in [0.25, 0.3) is 0 Å². The van der Waals surface area contributed by atoms with E-state index in [0.717, 1.165) is 24.8 Å². The van der Waals surface area contributed by atoms with Gasteiger partial charge in [-0.15, -0.1) is 0 Å². The summed E-state index contributed by atoms with van der Waals surface area (Å²) in [6.07, 6.45) is 9.31. The lowest BCUT2D eigenvalue weighted by atomic mass is 9.91. The van der Waals surface area contributed by atoms with Crippen molar-refractivity contribution >= 4 is 23.7 Å². The van der Waals surface area contributed by atoms with Gasteiger partial charge in [0.05, 0.1) is 27.2 Å². The van der Waals surface area contributed by atoms with E-state index in [9.17, 15) is 9.59 Å². The Bertz CT molecular complexity index is 1170. The van der Waals surface area contributed by atoms with Gasteiger partial charge >= 0.3 is 0 Å². The number of ketones is 2. The van der Waals surface area contributed by atoms with Crippen LogP contribution in [0, 0.1) is 5.92 Å². The SMILES string of the molecule is CCCCCC(C(=O)/C=C/c1ccc(OC)c(OC)c1)C(=O)/C=C/c1ccc(OC)c(OCN=[N+]=[N-])c1. The zero-order valence-corrected chi connectivity index (χ0v) is 21.7. The summed E-state index contributed by atoms with van der Waals surface area (Å²) in [7, 11) is 4.60. The third-order valence-corrected chi connectivity index (χ3v) is 5.60. The molecule has 0 spiro atoms. The lowest BCUT2D eigenvalue weighted by molar-refractivity contribution is -0.127. The fourth-order valence-corrected chi connectivity index (χ4v) is 3.60. The average Bonchev–Trinajstić information content (AvgIpc) is 2.92. The van der Waals surface area contributed by atoms with Gasteiger partial charge in [-0.2, -0.15) is 0 Å². The van der Waals surface area contributed by atoms with Crippen molar-refractivity contribution in [3.8, 4) is 23.0 Å². The van der Waals surface area contributed by atoms with E-state index >= 15 is 0 Å². The number of hydrogen-bond donors (Lipinski definition) is 0. The zero-order valence-electron chi connectivity index (χ0n) is 21.7. The molecule has 1 unspecified atom stereocenters. The lowest BCUT2D eigenvalue weighted by Crippen LogP contribution is -2.21. The van der Waals surface area contributed by atoms with Crippen molar-refractivity contribution in [2.45, 2.75) is 32.6 Å². The second kappa shape index (κ2) is 15.7. The lowest BCUT2D eigenvalue weighted by Gasteiger charge is -2.11. The van der Waals surface area contributed by atoms with Gasteiger partial charge in [0.1, 0.15) is 0 Å². The molecule has 0 aliphatic heterocycles. The van der Waals surface area contributed by atoms with Crippen LogP contribution in [0.25, 0.3) is 22.6 Å². The third kappa shape index (κ3) is 9.05. The maximum atomic E-state index is 13.1. The molecule has 0 aliphatic carbocycles. The van der Waals surface area contributed by atoms with Crippen LogP contribution >= 0.6 is 0 Å². The molecule has 196 valence electrons. The van der Waals surface area contributed by atoms with Crippen LogP contribution in [0.5, 0.6) is 23.0 Å². The number of benzene rings is 2. The number of unbranched alkanes of at least 4 members (excludes halogenated alkanes) is 2. The summed E-state index contributed by atoms with van der Waals surface area (Å²) < 4.78 is 21.2. The monoisotopic (exact) mass is 507 g/mol. The highest BCUT2D eigenvalue weighted by molar-refractivity contribution is 6.13. The molecule has 0 aliphatic rings. The number of rotatable bonds is 16. The van der Waals surface area contributed by atoms with Crippen LogP contribution in [0.3, 0.4) is 0 Å². The normalized spacial score (nSPS) is 11.7. The molecule has 0 bridgehead atoms. The third-order valence-electron chi connectivity index (χ3n) is 5.60. The quantitative estimate of drug-likeness (QED) is 0.0645. The highest BCUT2D eigenvalue weighted by Crippen LogP contribution is 2.29. The molecule has 0 fully saturated rings. The van der Waals surface area contributed by atoms with E-state index in [0.29, 0.717) is 35.0 Å². The summed E-state index contributed by atoms with van der Waals surface area (Å²) in [4.78, 5) is 28.8. The molecule has 0 saturated carbocycles. The summed E-state index contributed by atoms with van der Waals surface area (Å²) in [6, 6.07) is 10.4. The Morgan fingerprint density at radius 2 is 1.41 bits per heavy atom. The van der Waals surface area contributed by atoms with Gasteiger partial charge in [0.15, 0.2) is 41.3 Å². The minimum absolute atomic E-state index is 0.195. The van der Waals surface area contributed by atoms with E-state index in [1.54, 1.807) is 56.7 Å². The van der Waals surface area contributed by atoms with Gasteiger partial charge in [-0.1, -0.05) is 55.6 Å². The Balaban J connectivity index is 2.21. The van der Waals surface area contributed by atoms with Crippen LogP contribution in [0.2, 0.25) is 0 Å². The minimum atomic E-state index is -0.780. The van der Waals surface area contributed by atoms with Crippen LogP contribution < -0.4 is 18.9 Å². The summed E-state index contributed by atoms with van der Waals surface area (Å²) in [6.45, 7) is 1.88. The fraction of sp³-hybridized carbons (Fsp3) is 0.357. The molecule has 0 aromatic heterocycles. The first-order chi connectivity index (χ1) is 18.0. The summed E-state index contributed by atoms with van der Waals surface area (Å²) in [5.74, 6) is 0.672. The molecule has 0 N–H and O–H groups in total. The Morgan fingerprint density at radius 1 is 0.865 bits per heavy atom. The van der Waals surface area contributed by atoms with Crippen molar-refractivity contribution in [1.82, 2.24) is 0 Å². The van der Waals surface area contributed by atoms with E-state index in [4.69, 9.17) is 24.5 Å². The number of hydrogen-bond acceptors (Lipinski definition) is 7. The molecule has 2 aromatic rings. The molecule has 2 rings (SSSR count). The molecule has 9 heteroatoms. The molecule has 1 atom stereocenters. The predicted molar refractivity (Wildman–Crippen MR) is 143 cm³/mol. The van der Waals surface area contributed by atoms with E-state index < -0.39 is 5.92 Å². The Kier molecular flexibility index (Phi) is 12.3. The topological polar surface area (TPSA) is 120 Å². The maximum Gasteiger partial charge on any atom is 0.167 e. The number of nitrogens with zero attached hydrogens (tertiary/aromatic N) is 3. The summed E-state index contributed by atoms with van der Waals surface area (Å²) >= 11 is 0. The number of carbonyl (C=O) groups is 2. The smallest absolute Gasteiger partial charge is 0.167 e. The molecule has 9 nitrogen and oxygen atoms in total. The number of ether oxygens (including phenoxy) is 4. The van der Waals surface area contributed by atoms with E-state index in [-0.39, 0.29) is 18.3 Å². The van der Waals surface area contributed by atoms with Crippen LogP contribution in [-0.4, -0.2) is 39.6 Å². The van der Waals surface area contributed by atoms with Crippen LogP contribution in [0.15, 0.2) is 53.7 Å². The number of allylic oxidation sites excluding steroid dienone is 2. The van der Waals surface area contributed by atoms with Crippen LogP contribution in [-0.2, 0) is 9.59 Å². The first-order valence-corrected chi connectivity index (χ1v) is 11.9. The first-order valence-electron chi connectivity index (χ1n) is 11.9. The number of carbonyl (C=O) groups excluding carboxylic acids is 2. The molecule has 0 amide bonds. The highest BCUT2D eigenvalue weighted by Gasteiger charge is 2.22. The van der Waals surface area contributed by atoms with Crippen LogP contribution in [0.1, 0.15) is 43.7 Å². The summed E-state index contributed by atoms with van der Waals surface area (Å²) in [5.41, 5.74) is 9.88. The van der Waals surface area contributed by atoms with Crippen molar-refractivity contribution in [3.63, 3.8) is 0 Å². The maximum absolute atomic E-state index is 13.1. The van der Waals surface area contributed by atoms with Crippen LogP contribution in [0.4, 0.5) is 0 Å². The predicted octanol–water partition coefficient (Wildman–Crippen LogP) is 6.42. The molecular formula is C28H33N3O6. The molecule has 0 saturated heterocycles. The number of methoxy groups -OCH3 is 3. The van der Waals surface area contributed by atoms with Gasteiger partial charge in [-0.3, -0.25) is 9.59 Å². The van der Waals surface area contributed by atoms with Gasteiger partial charge in [0, 0.05) is 4.91 Å². The van der Waals surface area contributed by atoms with Crippen molar-refractivity contribution in [2.24, 2.45) is 11.0 Å². The van der Waals surface area contributed by atoms with Crippen molar-refractivity contribution in [3.05, 3.63) is 70.1 Å². The molecular weight excluding hydrogens is 474 g/mol. The Labute approximate surface area is 217 Å². The Morgan fingerprint density at radius 3 is 1.92 bits per heavy atom. The zero-order chi connectivity index (χ0) is 27.0. The van der Waals surface area contributed by atoms with Gasteiger partial charge < -0.3 is 18.9 Å². The van der Waals surface area contributed by atoms with E-state index in [1.165, 1.54) is 19.3 Å². The highest BCUT2D eigenvalue weighted by atomic mass is 16.5. The fourth-order valence-electron chi connectivity index (χ4n) is 3.60. The van der Waals surface area contributed by atoms with Gasteiger partial charge in [0.2, 0.25) is 0 Å². The molecule has 2 aromatic carbocycles. The van der Waals surface area contributed by atoms with Crippen molar-refractivity contribution < 1.29 is 28.5 Å². The molecule has 0 heterocycles. The second-order valence-corrected chi connectivity index (χ2v) is 8.05. The molecule has 0 radical (unpaired) electrons. The Hall–Kier alpha value is -4.23. The van der Waals surface area contributed by atoms with E-state index in [2.05, 4.69) is 16.9 Å². The summed E-state index contributed by atoms with van der Waals surface area (Å²) in [5, 5.41) is 3.36. The average molecular weight is 508 g/mol. The standard InChI is InChI=1S/C28H33N3O6/c1-5-6-7-8-22(23(32)13-9-20-11-15-25(34-2)27(17-20)36-4)24(33)14-10-21-12-16-26(35-3)28(18-21)37-19-30-31-29/h9-18,22H,5-8,19H2,1-4H3/b13-9+,14-10+. The van der Waals surface area contributed by atoms with Gasteiger partial charge in [-0.05, 0) is 59.5 Å². The van der Waals surface area contributed by atoms with Gasteiger partial charge in [-0.25, -0.2) is 0 Å². The molecule has 37 heavy (non-hydrogen) atoms. The first kappa shape index (κ1) is 29.0. The van der Waals surface area contributed by atoms with Crippen molar-refractivity contribution in [1.29, 1.82) is 0 Å². The number of azide groups is 1. The largest absolute Gasteiger partial charge is 0.493 e. The minimum Gasteiger partial charge on any atom is -0.493 e. The van der Waals surface area contributed by atoms with E-state index in [1.807, 2.05) is 6.07 Å². The second-order valence-electron chi connectivity index (χ2n) is 8.05.